The maximum atomic E-state index is 13.6. The number of ether oxygens (including phenoxy) is 1. The number of rotatable bonds is 5. The lowest BCUT2D eigenvalue weighted by atomic mass is 10.1. The van der Waals surface area contributed by atoms with Crippen LogP contribution in [-0.4, -0.2) is 41.8 Å². The molecule has 8 nitrogen and oxygen atoms in total. The third-order valence-corrected chi connectivity index (χ3v) is 5.83. The first-order chi connectivity index (χ1) is 16.8. The number of nitrogens with zero attached hydrogens (tertiary/aromatic N) is 2. The van der Waals surface area contributed by atoms with E-state index in [-0.39, 0.29) is 17.7 Å². The zero-order valence-electron chi connectivity index (χ0n) is 19.0. The minimum atomic E-state index is -1.26. The molecule has 35 heavy (non-hydrogen) atoms. The highest BCUT2D eigenvalue weighted by Crippen LogP contribution is 2.28. The number of amides is 4. The fraction of sp³-hybridized carbons (Fsp3) is 0.154. The third-order valence-electron chi connectivity index (χ3n) is 5.58. The van der Waals surface area contributed by atoms with E-state index in [1.54, 1.807) is 48.5 Å². The molecule has 1 aliphatic heterocycles. The van der Waals surface area contributed by atoms with Crippen LogP contribution in [0.25, 0.3) is 0 Å². The van der Waals surface area contributed by atoms with Gasteiger partial charge in [-0.25, -0.2) is 9.91 Å². The number of hydrogen-bond acceptors (Lipinski definition) is 5. The number of methoxy groups -OCH3 is 1. The standard InChI is InChI=1S/C26H22ClN3O5/c1-16-6-5-7-17(14-16)24(32)28-30(25(33)20-8-3-4-9-22(20)35-2)21-15-23(31)29(26(21)34)19-12-10-18(27)11-13-19/h3-14,21H,15H2,1-2H3,(H,28,32). The minimum absolute atomic E-state index is 0.129. The van der Waals surface area contributed by atoms with Gasteiger partial charge < -0.3 is 4.74 Å². The average molecular weight is 492 g/mol. The molecule has 3 aromatic carbocycles. The number of hydrazine groups is 1. The molecule has 9 heteroatoms. The third kappa shape index (κ3) is 4.88. The first-order valence-electron chi connectivity index (χ1n) is 10.8. The topological polar surface area (TPSA) is 96.0 Å². The van der Waals surface area contributed by atoms with Crippen molar-refractivity contribution >= 4 is 40.9 Å². The fourth-order valence-electron chi connectivity index (χ4n) is 3.86. The van der Waals surface area contributed by atoms with E-state index < -0.39 is 29.7 Å². The van der Waals surface area contributed by atoms with Crippen LogP contribution in [0, 0.1) is 6.92 Å². The van der Waals surface area contributed by atoms with Gasteiger partial charge in [0, 0.05) is 10.6 Å². The quantitative estimate of drug-likeness (QED) is 0.433. The summed E-state index contributed by atoms with van der Waals surface area (Å²) >= 11 is 5.93. The number of aryl methyl sites for hydroxylation is 1. The fourth-order valence-corrected chi connectivity index (χ4v) is 3.99. The molecule has 1 atom stereocenters. The van der Waals surface area contributed by atoms with E-state index in [0.29, 0.717) is 16.3 Å². The predicted octanol–water partition coefficient (Wildman–Crippen LogP) is 3.78. The second-order valence-electron chi connectivity index (χ2n) is 7.95. The van der Waals surface area contributed by atoms with Crippen LogP contribution in [0.5, 0.6) is 5.75 Å². The number of carbonyl (C=O) groups excluding carboxylic acids is 4. The molecule has 0 spiro atoms. The summed E-state index contributed by atoms with van der Waals surface area (Å²) in [6.07, 6.45) is -0.309. The van der Waals surface area contributed by atoms with Crippen LogP contribution < -0.4 is 15.1 Å². The van der Waals surface area contributed by atoms with Gasteiger partial charge in [0.05, 0.1) is 24.8 Å². The largest absolute Gasteiger partial charge is 0.496 e. The lowest BCUT2D eigenvalue weighted by Crippen LogP contribution is -2.54. The number of halogens is 1. The maximum Gasteiger partial charge on any atom is 0.276 e. The molecule has 3 aromatic rings. The second-order valence-corrected chi connectivity index (χ2v) is 8.39. The summed E-state index contributed by atoms with van der Waals surface area (Å²) < 4.78 is 5.30. The van der Waals surface area contributed by atoms with Crippen LogP contribution >= 0.6 is 11.6 Å². The van der Waals surface area contributed by atoms with Crippen LogP contribution in [0.2, 0.25) is 5.02 Å². The highest BCUT2D eigenvalue weighted by Gasteiger charge is 2.46. The Balaban J connectivity index is 1.71. The summed E-state index contributed by atoms with van der Waals surface area (Å²) in [5, 5.41) is 1.36. The smallest absolute Gasteiger partial charge is 0.276 e. The highest BCUT2D eigenvalue weighted by molar-refractivity contribution is 6.31. The van der Waals surface area contributed by atoms with E-state index >= 15 is 0 Å². The van der Waals surface area contributed by atoms with Gasteiger partial charge in [0.25, 0.3) is 17.7 Å². The van der Waals surface area contributed by atoms with Crippen LogP contribution in [0.3, 0.4) is 0 Å². The van der Waals surface area contributed by atoms with Crippen LogP contribution in [0.4, 0.5) is 5.69 Å². The van der Waals surface area contributed by atoms with E-state index in [4.69, 9.17) is 16.3 Å². The molecule has 0 bridgehead atoms. The summed E-state index contributed by atoms with van der Waals surface area (Å²) in [5.74, 6) is -2.18. The molecule has 0 radical (unpaired) electrons. The number of nitrogens with one attached hydrogen (secondary N) is 1. The van der Waals surface area contributed by atoms with Crippen molar-refractivity contribution in [1.29, 1.82) is 0 Å². The number of anilines is 1. The van der Waals surface area contributed by atoms with Gasteiger partial charge in [-0.1, -0.05) is 41.4 Å². The Bertz CT molecular complexity index is 1310. The normalized spacial score (nSPS) is 15.2. The molecule has 178 valence electrons. The van der Waals surface area contributed by atoms with E-state index in [0.717, 1.165) is 15.5 Å². The lowest BCUT2D eigenvalue weighted by molar-refractivity contribution is -0.122. The van der Waals surface area contributed by atoms with Crippen molar-refractivity contribution in [3.63, 3.8) is 0 Å². The van der Waals surface area contributed by atoms with Crippen molar-refractivity contribution < 1.29 is 23.9 Å². The second kappa shape index (κ2) is 9.99. The lowest BCUT2D eigenvalue weighted by Gasteiger charge is -2.28. The number of carbonyl (C=O) groups is 4. The average Bonchev–Trinajstić information content (AvgIpc) is 3.15. The zero-order chi connectivity index (χ0) is 25.1. The Hall–Kier alpha value is -4.17. The molecule has 1 saturated heterocycles. The van der Waals surface area contributed by atoms with Crippen molar-refractivity contribution in [3.8, 4) is 5.75 Å². The summed E-state index contributed by atoms with van der Waals surface area (Å²) in [5.41, 5.74) is 4.15. The number of para-hydroxylation sites is 1. The summed E-state index contributed by atoms with van der Waals surface area (Å²) in [4.78, 5) is 53.9. The van der Waals surface area contributed by atoms with Gasteiger partial charge >= 0.3 is 0 Å². The van der Waals surface area contributed by atoms with E-state index in [1.165, 1.54) is 25.3 Å². The van der Waals surface area contributed by atoms with Crippen LogP contribution in [0.15, 0.2) is 72.8 Å². The molecule has 1 fully saturated rings. The SMILES string of the molecule is COc1ccccc1C(=O)N(NC(=O)c1cccc(C)c1)C1CC(=O)N(c2ccc(Cl)cc2)C1=O. The van der Waals surface area contributed by atoms with Gasteiger partial charge in [0.15, 0.2) is 0 Å². The zero-order valence-corrected chi connectivity index (χ0v) is 19.8. The molecule has 0 aromatic heterocycles. The molecular formula is C26H22ClN3O5. The van der Waals surface area contributed by atoms with Crippen molar-refractivity contribution in [1.82, 2.24) is 10.4 Å². The predicted molar refractivity (Wildman–Crippen MR) is 130 cm³/mol. The Labute approximate surface area is 207 Å². The van der Waals surface area contributed by atoms with Gasteiger partial charge in [-0.3, -0.25) is 24.6 Å². The minimum Gasteiger partial charge on any atom is -0.496 e. The van der Waals surface area contributed by atoms with Crippen LogP contribution in [0.1, 0.15) is 32.7 Å². The van der Waals surface area contributed by atoms with Crippen molar-refractivity contribution in [2.45, 2.75) is 19.4 Å². The Morgan fingerprint density at radius 1 is 1.03 bits per heavy atom. The first-order valence-corrected chi connectivity index (χ1v) is 11.1. The molecule has 1 unspecified atom stereocenters. The van der Waals surface area contributed by atoms with E-state index in [2.05, 4.69) is 5.43 Å². The Morgan fingerprint density at radius 2 is 1.74 bits per heavy atom. The molecule has 0 aliphatic carbocycles. The number of benzene rings is 3. The monoisotopic (exact) mass is 491 g/mol. The van der Waals surface area contributed by atoms with Gasteiger partial charge in [0.2, 0.25) is 5.91 Å². The molecule has 1 N–H and O–H groups in total. The van der Waals surface area contributed by atoms with E-state index in [9.17, 15) is 19.2 Å². The summed E-state index contributed by atoms with van der Waals surface area (Å²) in [6, 6.07) is 18.2. The summed E-state index contributed by atoms with van der Waals surface area (Å²) in [7, 11) is 1.41. The summed E-state index contributed by atoms with van der Waals surface area (Å²) in [6.45, 7) is 1.83. The molecule has 4 amide bonds. The maximum absolute atomic E-state index is 13.6. The molecule has 0 saturated carbocycles. The van der Waals surface area contributed by atoms with Crippen molar-refractivity contribution in [2.75, 3.05) is 12.0 Å². The van der Waals surface area contributed by atoms with Crippen molar-refractivity contribution in [3.05, 3.63) is 94.5 Å². The molecule has 4 rings (SSSR count). The first kappa shape index (κ1) is 24.0. The van der Waals surface area contributed by atoms with Crippen LogP contribution in [-0.2, 0) is 9.59 Å². The number of hydrogen-bond donors (Lipinski definition) is 1. The van der Waals surface area contributed by atoms with Gasteiger partial charge in [-0.15, -0.1) is 0 Å². The molecule has 1 aliphatic rings. The molecule has 1 heterocycles. The molecular weight excluding hydrogens is 470 g/mol. The number of imide groups is 1. The van der Waals surface area contributed by atoms with Gasteiger partial charge in [0.1, 0.15) is 11.8 Å². The Kier molecular flexibility index (Phi) is 6.84. The van der Waals surface area contributed by atoms with E-state index in [1.807, 2.05) is 13.0 Å². The van der Waals surface area contributed by atoms with Gasteiger partial charge in [-0.2, -0.15) is 0 Å². The van der Waals surface area contributed by atoms with Gasteiger partial charge in [-0.05, 0) is 55.5 Å². The Morgan fingerprint density at radius 3 is 2.43 bits per heavy atom. The van der Waals surface area contributed by atoms with Crippen molar-refractivity contribution in [2.24, 2.45) is 0 Å². The highest BCUT2D eigenvalue weighted by atomic mass is 35.5.